The molecule has 0 spiro atoms. The van der Waals surface area contributed by atoms with Crippen LogP contribution in [0.5, 0.6) is 0 Å². The van der Waals surface area contributed by atoms with Crippen molar-refractivity contribution < 1.29 is 24.3 Å². The van der Waals surface area contributed by atoms with Crippen LogP contribution in [0.15, 0.2) is 15.7 Å². The summed E-state index contributed by atoms with van der Waals surface area (Å²) < 4.78 is 10.3. The molecule has 11 heteroatoms. The van der Waals surface area contributed by atoms with Gasteiger partial charge in [-0.3, -0.25) is 10.7 Å². The van der Waals surface area contributed by atoms with E-state index in [2.05, 4.69) is 15.0 Å². The summed E-state index contributed by atoms with van der Waals surface area (Å²) in [6.45, 7) is 3.64. The maximum Gasteiger partial charge on any atom is 0.359 e. The number of H-pyrrole nitrogens is 1. The minimum atomic E-state index is -0.712. The molecule has 9 nitrogen and oxygen atoms in total. The Labute approximate surface area is 139 Å². The number of rotatable bonds is 7. The van der Waals surface area contributed by atoms with Gasteiger partial charge in [-0.25, -0.2) is 19.6 Å². The molecule has 0 radical (unpaired) electrons. The number of nitrogens with zero attached hydrogens (tertiary/aromatic N) is 2. The predicted octanol–water partition coefficient (Wildman–Crippen LogP) is 2.17. The molecule has 0 amide bonds. The summed E-state index contributed by atoms with van der Waals surface area (Å²) in [5, 5.41) is 9.54. The second kappa shape index (κ2) is 7.94. The van der Waals surface area contributed by atoms with Crippen LogP contribution in [0.25, 0.3) is 0 Å². The Morgan fingerprint density at radius 1 is 1.35 bits per heavy atom. The molecular weight excluding hydrogens is 344 g/mol. The maximum absolute atomic E-state index is 11.9. The molecule has 0 unspecified atom stereocenters. The van der Waals surface area contributed by atoms with E-state index in [1.165, 1.54) is 17.5 Å². The minimum absolute atomic E-state index is 0.0649. The van der Waals surface area contributed by atoms with E-state index < -0.39 is 11.9 Å². The van der Waals surface area contributed by atoms with E-state index in [0.29, 0.717) is 9.34 Å². The van der Waals surface area contributed by atoms with Crippen LogP contribution in [-0.2, 0) is 9.47 Å². The van der Waals surface area contributed by atoms with Crippen molar-refractivity contribution in [2.75, 3.05) is 18.7 Å². The van der Waals surface area contributed by atoms with E-state index in [-0.39, 0.29) is 29.8 Å². The van der Waals surface area contributed by atoms with E-state index in [0.717, 1.165) is 11.8 Å². The Kier molecular flexibility index (Phi) is 5.96. The lowest BCUT2D eigenvalue weighted by Crippen LogP contribution is -2.13. The first kappa shape index (κ1) is 17.2. The number of hydrogen-bond acceptors (Lipinski definition) is 10. The number of anilines is 1. The number of carbonyl (C=O) groups excluding carboxylic acids is 2. The molecule has 0 saturated heterocycles. The lowest BCUT2D eigenvalue weighted by atomic mass is 10.3. The van der Waals surface area contributed by atoms with E-state index in [1.807, 2.05) is 5.48 Å². The van der Waals surface area contributed by atoms with Crippen molar-refractivity contribution >= 4 is 40.0 Å². The number of aromatic nitrogens is 3. The molecule has 0 aliphatic carbocycles. The zero-order valence-electron chi connectivity index (χ0n) is 12.3. The van der Waals surface area contributed by atoms with Crippen molar-refractivity contribution in [2.45, 2.75) is 23.3 Å². The molecule has 0 saturated carbocycles. The summed E-state index contributed by atoms with van der Waals surface area (Å²) in [5.74, 6) is -1.40. The van der Waals surface area contributed by atoms with Crippen molar-refractivity contribution in [3.8, 4) is 0 Å². The first-order chi connectivity index (χ1) is 11.1. The van der Waals surface area contributed by atoms with Gasteiger partial charge in [0.2, 0.25) is 0 Å². The summed E-state index contributed by atoms with van der Waals surface area (Å²) in [7, 11) is 0. The zero-order chi connectivity index (χ0) is 16.8. The fourth-order valence-electron chi connectivity index (χ4n) is 1.54. The normalized spacial score (nSPS) is 10.4. The largest absolute Gasteiger partial charge is 0.461 e. The van der Waals surface area contributed by atoms with Gasteiger partial charge in [-0.05, 0) is 25.6 Å². The molecule has 0 bridgehead atoms. The van der Waals surface area contributed by atoms with Crippen LogP contribution in [0, 0.1) is 0 Å². The number of imidazole rings is 1. The molecule has 2 heterocycles. The van der Waals surface area contributed by atoms with Gasteiger partial charge in [0.15, 0.2) is 20.9 Å². The summed E-state index contributed by atoms with van der Waals surface area (Å²) >= 11 is 2.28. The fraction of sp³-hybridized carbons (Fsp3) is 0.333. The van der Waals surface area contributed by atoms with Crippen LogP contribution in [0.3, 0.4) is 0 Å². The quantitative estimate of drug-likeness (QED) is 0.504. The molecule has 0 fully saturated rings. The Morgan fingerprint density at radius 3 is 2.65 bits per heavy atom. The highest BCUT2D eigenvalue weighted by Gasteiger charge is 2.25. The van der Waals surface area contributed by atoms with Gasteiger partial charge in [-0.15, -0.1) is 0 Å². The van der Waals surface area contributed by atoms with Gasteiger partial charge in [-0.1, -0.05) is 11.3 Å². The standard InChI is InChI=1S/C12H14N4O5S2/c1-3-20-9(17)7-8(10(18)21-4-2)15-11(14-7)23-12-13-5-6(16-19)22-12/h5,16,19H,3-4H2,1-2H3,(H,14,15). The van der Waals surface area contributed by atoms with Crippen LogP contribution >= 0.6 is 23.1 Å². The Bertz CT molecular complexity index is 664. The van der Waals surface area contributed by atoms with Crippen molar-refractivity contribution in [3.63, 3.8) is 0 Å². The molecule has 124 valence electrons. The number of esters is 2. The molecule has 3 N–H and O–H groups in total. The number of ether oxygens (including phenoxy) is 2. The van der Waals surface area contributed by atoms with Gasteiger partial charge >= 0.3 is 11.9 Å². The topological polar surface area (TPSA) is 126 Å². The van der Waals surface area contributed by atoms with Gasteiger partial charge in [0.05, 0.1) is 19.4 Å². The zero-order valence-corrected chi connectivity index (χ0v) is 13.9. The van der Waals surface area contributed by atoms with E-state index in [4.69, 9.17) is 14.7 Å². The molecule has 0 aliphatic heterocycles. The molecule has 2 aromatic rings. The van der Waals surface area contributed by atoms with Crippen molar-refractivity contribution in [1.29, 1.82) is 0 Å². The Morgan fingerprint density at radius 2 is 2.04 bits per heavy atom. The summed E-state index contributed by atoms with van der Waals surface area (Å²) in [6, 6.07) is 0. The van der Waals surface area contributed by atoms with E-state index in [9.17, 15) is 9.59 Å². The third-order valence-electron chi connectivity index (χ3n) is 2.41. The van der Waals surface area contributed by atoms with Gasteiger partial charge in [0.25, 0.3) is 0 Å². The maximum atomic E-state index is 11.9. The van der Waals surface area contributed by atoms with Crippen LogP contribution in [0.1, 0.15) is 34.8 Å². The predicted molar refractivity (Wildman–Crippen MR) is 82.1 cm³/mol. The molecule has 0 aromatic carbocycles. The molecule has 0 aliphatic rings. The highest BCUT2D eigenvalue weighted by Crippen LogP contribution is 2.32. The van der Waals surface area contributed by atoms with Gasteiger partial charge in [0, 0.05) is 0 Å². The van der Waals surface area contributed by atoms with Crippen molar-refractivity contribution in [2.24, 2.45) is 0 Å². The first-order valence-electron chi connectivity index (χ1n) is 6.57. The third-order valence-corrected chi connectivity index (χ3v) is 4.27. The monoisotopic (exact) mass is 358 g/mol. The number of carbonyl (C=O) groups is 2. The number of hydrogen-bond donors (Lipinski definition) is 3. The van der Waals surface area contributed by atoms with Crippen LogP contribution in [-0.4, -0.2) is 45.3 Å². The van der Waals surface area contributed by atoms with Crippen molar-refractivity contribution in [1.82, 2.24) is 15.0 Å². The highest BCUT2D eigenvalue weighted by atomic mass is 32.2. The SMILES string of the molecule is CCOC(=O)c1nc(Sc2ncc(NO)s2)[nH]c1C(=O)OCC. The van der Waals surface area contributed by atoms with Crippen molar-refractivity contribution in [3.05, 3.63) is 17.6 Å². The van der Waals surface area contributed by atoms with E-state index in [1.54, 1.807) is 13.8 Å². The minimum Gasteiger partial charge on any atom is -0.461 e. The third kappa shape index (κ3) is 4.21. The fourth-order valence-corrected chi connectivity index (χ4v) is 3.22. The summed E-state index contributed by atoms with van der Waals surface area (Å²) in [5.41, 5.74) is 1.78. The second-order valence-corrected chi connectivity index (χ2v) is 6.18. The molecule has 2 rings (SSSR count). The average molecular weight is 358 g/mol. The van der Waals surface area contributed by atoms with Gasteiger partial charge < -0.3 is 14.5 Å². The molecule has 2 aromatic heterocycles. The molecular formula is C12H14N4O5S2. The Balaban J connectivity index is 2.28. The number of thiazole rings is 1. The van der Waals surface area contributed by atoms with Crippen LogP contribution in [0.4, 0.5) is 5.00 Å². The van der Waals surface area contributed by atoms with Gasteiger partial charge in [0.1, 0.15) is 5.00 Å². The molecule has 23 heavy (non-hydrogen) atoms. The number of aromatic amines is 1. The summed E-state index contributed by atoms with van der Waals surface area (Å²) in [6.07, 6.45) is 1.44. The highest BCUT2D eigenvalue weighted by molar-refractivity contribution is 8.00. The lowest BCUT2D eigenvalue weighted by molar-refractivity contribution is 0.0471. The smallest absolute Gasteiger partial charge is 0.359 e. The average Bonchev–Trinajstić information content (AvgIpc) is 3.15. The summed E-state index contributed by atoms with van der Waals surface area (Å²) in [4.78, 5) is 34.7. The Hall–Kier alpha value is -2.11. The first-order valence-corrected chi connectivity index (χ1v) is 8.20. The number of nitrogens with one attached hydrogen (secondary N) is 2. The second-order valence-electron chi connectivity index (χ2n) is 3.91. The van der Waals surface area contributed by atoms with Gasteiger partial charge in [-0.2, -0.15) is 0 Å². The van der Waals surface area contributed by atoms with Crippen LogP contribution < -0.4 is 5.48 Å². The molecule has 0 atom stereocenters. The van der Waals surface area contributed by atoms with Crippen LogP contribution in [0.2, 0.25) is 0 Å². The van der Waals surface area contributed by atoms with E-state index >= 15 is 0 Å². The lowest BCUT2D eigenvalue weighted by Gasteiger charge is -2.01.